The van der Waals surface area contributed by atoms with E-state index in [1.165, 1.54) is 23.3 Å². The van der Waals surface area contributed by atoms with Crippen LogP contribution in [0.3, 0.4) is 0 Å². The van der Waals surface area contributed by atoms with Crippen molar-refractivity contribution >= 4 is 34.9 Å². The lowest BCUT2D eigenvalue weighted by atomic mass is 10.5. The van der Waals surface area contributed by atoms with Gasteiger partial charge in [0, 0.05) is 24.3 Å². The summed E-state index contributed by atoms with van der Waals surface area (Å²) in [7, 11) is 1.86. The Morgan fingerprint density at radius 3 is 3.00 bits per heavy atom. The molecule has 0 aromatic carbocycles. The molecule has 8 heteroatoms. The highest BCUT2D eigenvalue weighted by Crippen LogP contribution is 2.26. The quantitative estimate of drug-likeness (QED) is 0.862. The topological polar surface area (TPSA) is 63.8 Å². The second kappa shape index (κ2) is 5.13. The second-order valence-electron chi connectivity index (χ2n) is 3.03. The molecule has 0 aliphatic heterocycles. The number of nitrogens with zero attached hydrogens (tertiary/aromatic N) is 4. The summed E-state index contributed by atoms with van der Waals surface area (Å²) in [5.74, 6) is 0.630. The zero-order valence-corrected chi connectivity index (χ0v) is 10.8. The minimum Gasteiger partial charge on any atom is -0.390 e. The van der Waals surface area contributed by atoms with E-state index in [0.717, 1.165) is 16.5 Å². The van der Waals surface area contributed by atoms with Gasteiger partial charge in [0.15, 0.2) is 5.16 Å². The molecule has 2 rings (SSSR count). The van der Waals surface area contributed by atoms with Gasteiger partial charge in [0.25, 0.3) is 0 Å². The summed E-state index contributed by atoms with van der Waals surface area (Å²) in [6.45, 7) is -0.0108. The fraction of sp³-hybridized carbons (Fsp3) is 0.375. The van der Waals surface area contributed by atoms with Gasteiger partial charge >= 0.3 is 0 Å². The van der Waals surface area contributed by atoms with Gasteiger partial charge in [-0.2, -0.15) is 0 Å². The van der Waals surface area contributed by atoms with Gasteiger partial charge in [0.2, 0.25) is 0 Å². The Bertz CT molecular complexity index is 484. The molecule has 1 N–H and O–H groups in total. The van der Waals surface area contributed by atoms with Crippen molar-refractivity contribution in [1.82, 2.24) is 19.1 Å². The van der Waals surface area contributed by atoms with Crippen molar-refractivity contribution in [3.05, 3.63) is 21.9 Å². The summed E-state index contributed by atoms with van der Waals surface area (Å²) in [5, 5.41) is 13.8. The third kappa shape index (κ3) is 2.37. The number of halogens is 1. The number of hydrogen-bond acceptors (Lipinski definition) is 6. The molecule has 2 aromatic heterocycles. The molecular weight excluding hydrogens is 268 g/mol. The number of aliphatic hydroxyl groups excluding tert-OH is 1. The fourth-order valence-corrected chi connectivity index (χ4v) is 2.83. The lowest BCUT2D eigenvalue weighted by Crippen LogP contribution is -1.97. The van der Waals surface area contributed by atoms with Crippen molar-refractivity contribution in [2.24, 2.45) is 7.05 Å². The van der Waals surface area contributed by atoms with E-state index in [2.05, 4.69) is 14.6 Å². The first kappa shape index (κ1) is 11.8. The zero-order chi connectivity index (χ0) is 11.5. The molecule has 2 heterocycles. The van der Waals surface area contributed by atoms with E-state index in [4.69, 9.17) is 16.7 Å². The highest BCUT2D eigenvalue weighted by atomic mass is 35.5. The van der Waals surface area contributed by atoms with Crippen LogP contribution in [0.4, 0.5) is 0 Å². The van der Waals surface area contributed by atoms with E-state index in [0.29, 0.717) is 10.1 Å². The van der Waals surface area contributed by atoms with Crippen molar-refractivity contribution in [2.75, 3.05) is 0 Å². The number of rotatable bonds is 4. The summed E-state index contributed by atoms with van der Waals surface area (Å²) >= 11 is 8.58. The zero-order valence-electron chi connectivity index (χ0n) is 8.42. The summed E-state index contributed by atoms with van der Waals surface area (Å²) in [6.07, 6.45) is 1.66. The summed E-state index contributed by atoms with van der Waals surface area (Å²) in [5.41, 5.74) is 1.55. The first-order valence-corrected chi connectivity index (χ1v) is 6.57. The molecule has 0 amide bonds. The molecule has 0 fully saturated rings. The van der Waals surface area contributed by atoms with Crippen molar-refractivity contribution < 1.29 is 5.11 Å². The average Bonchev–Trinajstić information content (AvgIpc) is 2.83. The van der Waals surface area contributed by atoms with Crippen LogP contribution in [0.2, 0.25) is 4.34 Å². The van der Waals surface area contributed by atoms with Crippen LogP contribution in [0.1, 0.15) is 11.4 Å². The van der Waals surface area contributed by atoms with E-state index < -0.39 is 0 Å². The van der Waals surface area contributed by atoms with Gasteiger partial charge in [-0.25, -0.2) is 4.98 Å². The van der Waals surface area contributed by atoms with E-state index in [1.54, 1.807) is 6.20 Å². The Morgan fingerprint density at radius 1 is 1.62 bits per heavy atom. The number of aliphatic hydroxyl groups is 1. The lowest BCUT2D eigenvalue weighted by molar-refractivity contribution is 0.271. The Hall–Kier alpha value is -0.630. The molecule has 5 nitrogen and oxygen atoms in total. The van der Waals surface area contributed by atoms with Crippen molar-refractivity contribution in [2.45, 2.75) is 17.5 Å². The molecular formula is C8H9ClN4OS2. The van der Waals surface area contributed by atoms with Crippen LogP contribution in [0.5, 0.6) is 0 Å². The lowest BCUT2D eigenvalue weighted by Gasteiger charge is -2.02. The van der Waals surface area contributed by atoms with Gasteiger partial charge in [-0.3, -0.25) is 0 Å². The smallest absolute Gasteiger partial charge is 0.168 e. The summed E-state index contributed by atoms with van der Waals surface area (Å²) in [4.78, 5) is 4.19. The summed E-state index contributed by atoms with van der Waals surface area (Å²) in [6, 6.07) is 0. The van der Waals surface area contributed by atoms with Crippen LogP contribution >= 0.6 is 34.9 Å². The second-order valence-corrected chi connectivity index (χ2v) is 5.33. The third-order valence-electron chi connectivity index (χ3n) is 2.05. The van der Waals surface area contributed by atoms with Crippen LogP contribution in [0.25, 0.3) is 0 Å². The van der Waals surface area contributed by atoms with Gasteiger partial charge < -0.3 is 9.67 Å². The molecule has 86 valence electrons. The normalized spacial score (nSPS) is 10.9. The Balaban J connectivity index is 2.05. The van der Waals surface area contributed by atoms with Crippen LogP contribution in [-0.2, 0) is 19.4 Å². The summed E-state index contributed by atoms with van der Waals surface area (Å²) < 4.78 is 6.22. The highest BCUT2D eigenvalue weighted by Gasteiger charge is 2.10. The maximum absolute atomic E-state index is 9.02. The van der Waals surface area contributed by atoms with E-state index >= 15 is 0 Å². The molecule has 0 aliphatic rings. The van der Waals surface area contributed by atoms with Crippen molar-refractivity contribution in [3.63, 3.8) is 0 Å². The number of imidazole rings is 1. The first-order chi connectivity index (χ1) is 7.72. The monoisotopic (exact) mass is 276 g/mol. The molecule has 2 aromatic rings. The number of thioether (sulfide) groups is 1. The van der Waals surface area contributed by atoms with Gasteiger partial charge in [-0.1, -0.05) is 27.9 Å². The molecule has 0 aliphatic carbocycles. The van der Waals surface area contributed by atoms with Crippen LogP contribution < -0.4 is 0 Å². The third-order valence-corrected chi connectivity index (χ3v) is 4.09. The van der Waals surface area contributed by atoms with E-state index in [9.17, 15) is 0 Å². The molecule has 0 spiro atoms. The maximum atomic E-state index is 9.02. The minimum absolute atomic E-state index is 0.0108. The average molecular weight is 277 g/mol. The van der Waals surface area contributed by atoms with Crippen LogP contribution in [0.15, 0.2) is 11.4 Å². The largest absolute Gasteiger partial charge is 0.390 e. The van der Waals surface area contributed by atoms with Crippen LogP contribution in [-0.4, -0.2) is 24.2 Å². The predicted molar refractivity (Wildman–Crippen MR) is 63.6 cm³/mol. The van der Waals surface area contributed by atoms with Gasteiger partial charge in [-0.05, 0) is 0 Å². The standard InChI is InChI=1S/C8H9ClN4OS2/c1-13-5(3-14)2-10-8(13)15-4-6-7(9)16-12-11-6/h2,14H,3-4H2,1H3. The Morgan fingerprint density at radius 2 is 2.44 bits per heavy atom. The van der Waals surface area contributed by atoms with Crippen molar-refractivity contribution in [1.29, 1.82) is 0 Å². The number of hydrogen-bond donors (Lipinski definition) is 1. The molecule has 0 bridgehead atoms. The van der Waals surface area contributed by atoms with Gasteiger partial charge in [-0.15, -0.1) is 5.10 Å². The first-order valence-electron chi connectivity index (χ1n) is 4.43. The Labute approximate surface area is 106 Å². The van der Waals surface area contributed by atoms with E-state index in [1.807, 2.05) is 11.6 Å². The molecule has 16 heavy (non-hydrogen) atoms. The highest BCUT2D eigenvalue weighted by molar-refractivity contribution is 7.98. The van der Waals surface area contributed by atoms with Crippen molar-refractivity contribution in [3.8, 4) is 0 Å². The Kier molecular flexibility index (Phi) is 3.80. The minimum atomic E-state index is -0.0108. The predicted octanol–water partition coefficient (Wildman–Crippen LogP) is 1.71. The fourth-order valence-electron chi connectivity index (χ4n) is 1.12. The molecule has 0 unspecified atom stereocenters. The molecule has 0 saturated heterocycles. The number of aromatic nitrogens is 4. The SMILES string of the molecule is Cn1c(CO)cnc1SCc1nnsc1Cl. The molecule has 0 saturated carbocycles. The van der Waals surface area contributed by atoms with Crippen LogP contribution in [0, 0.1) is 0 Å². The van der Waals surface area contributed by atoms with E-state index in [-0.39, 0.29) is 6.61 Å². The van der Waals surface area contributed by atoms with Gasteiger partial charge in [0.1, 0.15) is 10.0 Å². The van der Waals surface area contributed by atoms with Gasteiger partial charge in [0.05, 0.1) is 18.5 Å². The maximum Gasteiger partial charge on any atom is 0.168 e. The molecule has 0 atom stereocenters. The molecule has 0 radical (unpaired) electrons.